The van der Waals surface area contributed by atoms with Gasteiger partial charge < -0.3 is 0 Å². The zero-order valence-electron chi connectivity index (χ0n) is 33.4. The molecule has 61 heavy (non-hydrogen) atoms. The topological polar surface area (TPSA) is 38.7 Å². The molecule has 3 nitrogen and oxygen atoms in total. The fourth-order valence-electron chi connectivity index (χ4n) is 9.25. The van der Waals surface area contributed by atoms with Crippen LogP contribution in [0.1, 0.15) is 22.3 Å². The van der Waals surface area contributed by atoms with Crippen molar-refractivity contribution >= 4 is 0 Å². The van der Waals surface area contributed by atoms with E-state index in [9.17, 15) is 0 Å². The van der Waals surface area contributed by atoms with Crippen LogP contribution in [0.15, 0.2) is 237 Å². The van der Waals surface area contributed by atoms with Gasteiger partial charge in [-0.1, -0.05) is 212 Å². The zero-order valence-corrected chi connectivity index (χ0v) is 33.4. The summed E-state index contributed by atoms with van der Waals surface area (Å²) < 4.78 is 0. The molecule has 3 heteroatoms. The van der Waals surface area contributed by atoms with Crippen LogP contribution in [0.2, 0.25) is 0 Å². The third-order valence-corrected chi connectivity index (χ3v) is 12.0. The van der Waals surface area contributed by atoms with E-state index >= 15 is 0 Å². The van der Waals surface area contributed by atoms with Crippen molar-refractivity contribution in [1.29, 1.82) is 0 Å². The lowest BCUT2D eigenvalue weighted by Crippen LogP contribution is -2.28. The van der Waals surface area contributed by atoms with E-state index in [1.54, 1.807) is 0 Å². The van der Waals surface area contributed by atoms with Crippen LogP contribution in [-0.2, 0) is 5.41 Å². The Hall–Kier alpha value is -8.01. The highest BCUT2D eigenvalue weighted by atomic mass is 15.0. The third kappa shape index (κ3) is 6.35. The maximum atomic E-state index is 5.47. The van der Waals surface area contributed by atoms with Gasteiger partial charge in [0.25, 0.3) is 0 Å². The van der Waals surface area contributed by atoms with Gasteiger partial charge in [0.1, 0.15) is 0 Å². The standard InChI is InChI=1S/C58H39N3/c1-6-20-40(21-7-1)43-26-18-27-44(36-43)55-59-56(47-38-45(41-22-8-2-9-23-41)37-46(39-47)42-24-10-3-11-25-42)61-57(60-55)51-33-19-35-53-54(51)50-32-16-17-34-52(50)58(53,48-28-12-4-13-29-48)49-30-14-5-15-31-49/h1-39H. The van der Waals surface area contributed by atoms with Crippen LogP contribution in [0.4, 0.5) is 0 Å². The number of rotatable bonds is 8. The SMILES string of the molecule is c1ccc(-c2cccc(-c3nc(-c4cc(-c5ccccc5)cc(-c5ccccc5)c4)nc(-c4cccc5c4-c4ccccc4C5(c4ccccc4)c4ccccc4)n3)c2)cc1. The minimum atomic E-state index is -0.554. The van der Waals surface area contributed by atoms with Crippen LogP contribution in [0.5, 0.6) is 0 Å². The van der Waals surface area contributed by atoms with E-state index in [-0.39, 0.29) is 0 Å². The molecule has 1 aliphatic rings. The Morgan fingerprint density at radius 3 is 1.21 bits per heavy atom. The van der Waals surface area contributed by atoms with E-state index < -0.39 is 5.41 Å². The number of hydrogen-bond acceptors (Lipinski definition) is 3. The molecule has 0 bridgehead atoms. The second kappa shape index (κ2) is 15.3. The molecule has 0 atom stereocenters. The fourth-order valence-corrected chi connectivity index (χ4v) is 9.25. The molecule has 0 amide bonds. The quantitative estimate of drug-likeness (QED) is 0.154. The van der Waals surface area contributed by atoms with Crippen molar-refractivity contribution in [3.8, 4) is 78.7 Å². The van der Waals surface area contributed by atoms with Crippen LogP contribution in [0, 0.1) is 0 Å². The van der Waals surface area contributed by atoms with E-state index in [4.69, 9.17) is 15.0 Å². The van der Waals surface area contributed by atoms with Gasteiger partial charge in [-0.15, -0.1) is 0 Å². The molecule has 0 N–H and O–H groups in total. The Morgan fingerprint density at radius 1 is 0.246 bits per heavy atom. The molecule has 9 aromatic carbocycles. The largest absolute Gasteiger partial charge is 0.208 e. The number of nitrogens with zero attached hydrogens (tertiary/aromatic N) is 3. The summed E-state index contributed by atoms with van der Waals surface area (Å²) in [6.07, 6.45) is 0. The summed E-state index contributed by atoms with van der Waals surface area (Å²) in [5, 5.41) is 0. The van der Waals surface area contributed by atoms with Crippen molar-refractivity contribution in [2.24, 2.45) is 0 Å². The lowest BCUT2D eigenvalue weighted by atomic mass is 9.67. The van der Waals surface area contributed by atoms with Crippen LogP contribution in [-0.4, -0.2) is 15.0 Å². The van der Waals surface area contributed by atoms with Crippen LogP contribution in [0.3, 0.4) is 0 Å². The Labute approximate surface area is 356 Å². The molecule has 1 aromatic heterocycles. The van der Waals surface area contributed by atoms with Crippen LogP contribution < -0.4 is 0 Å². The second-order valence-corrected chi connectivity index (χ2v) is 15.5. The first-order chi connectivity index (χ1) is 30.2. The molecule has 1 heterocycles. The van der Waals surface area contributed by atoms with Gasteiger partial charge in [-0.05, 0) is 91.0 Å². The van der Waals surface area contributed by atoms with Gasteiger partial charge in [0.05, 0.1) is 5.41 Å². The zero-order chi connectivity index (χ0) is 40.6. The van der Waals surface area contributed by atoms with Gasteiger partial charge in [0.15, 0.2) is 17.5 Å². The summed E-state index contributed by atoms with van der Waals surface area (Å²) in [6, 6.07) is 84.1. The smallest absolute Gasteiger partial charge is 0.164 e. The van der Waals surface area contributed by atoms with Gasteiger partial charge >= 0.3 is 0 Å². The third-order valence-electron chi connectivity index (χ3n) is 12.0. The van der Waals surface area contributed by atoms with Crippen molar-refractivity contribution in [3.63, 3.8) is 0 Å². The van der Waals surface area contributed by atoms with Gasteiger partial charge in [-0.2, -0.15) is 0 Å². The molecular formula is C58H39N3. The predicted molar refractivity (Wildman–Crippen MR) is 250 cm³/mol. The van der Waals surface area contributed by atoms with Crippen LogP contribution in [0.25, 0.3) is 78.7 Å². The van der Waals surface area contributed by atoms with Crippen LogP contribution >= 0.6 is 0 Å². The van der Waals surface area contributed by atoms with E-state index in [0.29, 0.717) is 17.5 Å². The normalized spacial score (nSPS) is 12.4. The van der Waals surface area contributed by atoms with Crippen molar-refractivity contribution in [2.45, 2.75) is 5.41 Å². The number of hydrogen-bond donors (Lipinski definition) is 0. The first kappa shape index (κ1) is 36.1. The van der Waals surface area contributed by atoms with Gasteiger partial charge in [0, 0.05) is 16.7 Å². The molecule has 0 saturated carbocycles. The molecule has 10 aromatic rings. The minimum Gasteiger partial charge on any atom is -0.208 e. The van der Waals surface area contributed by atoms with E-state index in [1.807, 2.05) is 6.07 Å². The Balaban J connectivity index is 1.19. The molecule has 11 rings (SSSR count). The number of fused-ring (bicyclic) bond motifs is 3. The summed E-state index contributed by atoms with van der Waals surface area (Å²) in [6.45, 7) is 0. The molecule has 0 saturated heterocycles. The molecule has 0 fully saturated rings. The summed E-state index contributed by atoms with van der Waals surface area (Å²) in [5.74, 6) is 1.85. The summed E-state index contributed by atoms with van der Waals surface area (Å²) in [7, 11) is 0. The fraction of sp³-hybridized carbons (Fsp3) is 0.0172. The summed E-state index contributed by atoms with van der Waals surface area (Å²) >= 11 is 0. The van der Waals surface area contributed by atoms with E-state index in [2.05, 4.69) is 231 Å². The van der Waals surface area contributed by atoms with Crippen molar-refractivity contribution in [1.82, 2.24) is 15.0 Å². The molecule has 0 unspecified atom stereocenters. The summed E-state index contributed by atoms with van der Waals surface area (Å²) in [5.41, 5.74) is 16.1. The van der Waals surface area contributed by atoms with Gasteiger partial charge in [-0.3, -0.25) is 0 Å². The monoisotopic (exact) mass is 777 g/mol. The average molecular weight is 778 g/mol. The average Bonchev–Trinajstić information content (AvgIpc) is 3.66. The Morgan fingerprint density at radius 2 is 0.623 bits per heavy atom. The highest BCUT2D eigenvalue weighted by molar-refractivity contribution is 5.94. The highest BCUT2D eigenvalue weighted by Crippen LogP contribution is 2.58. The lowest BCUT2D eigenvalue weighted by molar-refractivity contribution is 0.768. The van der Waals surface area contributed by atoms with Gasteiger partial charge in [-0.25, -0.2) is 15.0 Å². The first-order valence-corrected chi connectivity index (χ1v) is 20.8. The first-order valence-electron chi connectivity index (χ1n) is 20.8. The molecule has 1 aliphatic carbocycles. The molecule has 0 spiro atoms. The van der Waals surface area contributed by atoms with E-state index in [0.717, 1.165) is 55.6 Å². The van der Waals surface area contributed by atoms with Crippen molar-refractivity contribution < 1.29 is 0 Å². The maximum Gasteiger partial charge on any atom is 0.164 e. The molecule has 0 aliphatic heterocycles. The number of aromatic nitrogens is 3. The Kier molecular flexibility index (Phi) is 9.05. The Bertz CT molecular complexity index is 3070. The van der Waals surface area contributed by atoms with Crippen molar-refractivity contribution in [2.75, 3.05) is 0 Å². The van der Waals surface area contributed by atoms with Crippen molar-refractivity contribution in [3.05, 3.63) is 259 Å². The second-order valence-electron chi connectivity index (χ2n) is 15.5. The molecular weight excluding hydrogens is 739 g/mol. The molecule has 286 valence electrons. The van der Waals surface area contributed by atoms with E-state index in [1.165, 1.54) is 27.8 Å². The number of benzene rings is 9. The predicted octanol–water partition coefficient (Wildman–Crippen LogP) is 14.2. The van der Waals surface area contributed by atoms with Gasteiger partial charge in [0.2, 0.25) is 0 Å². The molecule has 0 radical (unpaired) electrons. The minimum absolute atomic E-state index is 0.554. The lowest BCUT2D eigenvalue weighted by Gasteiger charge is -2.33. The summed E-state index contributed by atoms with van der Waals surface area (Å²) in [4.78, 5) is 16.2. The highest BCUT2D eigenvalue weighted by Gasteiger charge is 2.47. The maximum absolute atomic E-state index is 5.47.